The van der Waals surface area contributed by atoms with Crippen LogP contribution >= 0.6 is 0 Å². The molecule has 0 unspecified atom stereocenters. The number of amides is 1. The van der Waals surface area contributed by atoms with Crippen molar-refractivity contribution in [2.24, 2.45) is 11.1 Å². The first kappa shape index (κ1) is 23.1. The Morgan fingerprint density at radius 2 is 2.00 bits per heavy atom. The number of unbranched alkanes of at least 4 members (excludes halogenated alkanes) is 1. The van der Waals surface area contributed by atoms with Gasteiger partial charge < -0.3 is 25.3 Å². The molecule has 170 valence electrons. The number of nitrogens with one attached hydrogen (secondary N) is 2. The minimum atomic E-state index is -1.11. The van der Waals surface area contributed by atoms with Gasteiger partial charge in [-0.25, -0.2) is 0 Å². The summed E-state index contributed by atoms with van der Waals surface area (Å²) < 4.78 is 5.94. The van der Waals surface area contributed by atoms with Gasteiger partial charge in [0.15, 0.2) is 0 Å². The van der Waals surface area contributed by atoms with Crippen LogP contribution in [0.25, 0.3) is 0 Å². The number of ether oxygens (including phenoxy) is 1. The van der Waals surface area contributed by atoms with Crippen LogP contribution in [0.3, 0.4) is 0 Å². The smallest absolute Gasteiger partial charge is 0.303 e. The standard InChI is InChI=1S/C23H33N3O5/c1-2-3-4-21(27)25-23(12-9-22(28)29)15-20(26-31-23)18-5-7-19(8-6-18)30-16-17-10-13-24-14-11-17/h5-8,17,24H,2-4,9-16H2,1H3,(H,25,27)(H,28,29)/t23-/m1/s1. The van der Waals surface area contributed by atoms with E-state index in [2.05, 4.69) is 15.8 Å². The van der Waals surface area contributed by atoms with E-state index in [-0.39, 0.29) is 18.7 Å². The van der Waals surface area contributed by atoms with Crippen LogP contribution in [-0.2, 0) is 14.4 Å². The van der Waals surface area contributed by atoms with Crippen molar-refractivity contribution >= 4 is 17.6 Å². The van der Waals surface area contributed by atoms with E-state index < -0.39 is 11.7 Å². The zero-order chi connectivity index (χ0) is 22.1. The predicted octanol–water partition coefficient (Wildman–Crippen LogP) is 3.06. The van der Waals surface area contributed by atoms with Crippen LogP contribution in [0, 0.1) is 5.92 Å². The molecule has 0 saturated carbocycles. The molecular weight excluding hydrogens is 398 g/mol. The van der Waals surface area contributed by atoms with Gasteiger partial charge >= 0.3 is 5.97 Å². The summed E-state index contributed by atoms with van der Waals surface area (Å²) in [6, 6.07) is 7.67. The summed E-state index contributed by atoms with van der Waals surface area (Å²) in [4.78, 5) is 29.0. The molecule has 3 N–H and O–H groups in total. The number of oxime groups is 1. The second-order valence-electron chi connectivity index (χ2n) is 8.37. The molecule has 1 atom stereocenters. The number of nitrogens with zero attached hydrogens (tertiary/aromatic N) is 1. The Morgan fingerprint density at radius 1 is 1.26 bits per heavy atom. The van der Waals surface area contributed by atoms with Crippen molar-refractivity contribution < 1.29 is 24.3 Å². The van der Waals surface area contributed by atoms with Crippen LogP contribution in [0.15, 0.2) is 29.4 Å². The molecule has 2 aliphatic heterocycles. The van der Waals surface area contributed by atoms with E-state index in [4.69, 9.17) is 14.7 Å². The molecule has 8 nitrogen and oxygen atoms in total. The van der Waals surface area contributed by atoms with E-state index in [0.29, 0.717) is 31.1 Å². The number of benzene rings is 1. The largest absolute Gasteiger partial charge is 0.493 e. The number of carboxylic acids is 1. The highest BCUT2D eigenvalue weighted by Gasteiger charge is 2.41. The minimum absolute atomic E-state index is 0.111. The number of carboxylic acid groups (broad SMARTS) is 1. The molecule has 0 aliphatic carbocycles. The molecule has 0 aromatic heterocycles. The SMILES string of the molecule is CCCCC(=O)N[C@@]1(CCC(=O)O)CC(c2ccc(OCC3CCNCC3)cc2)=NO1. The molecule has 0 spiro atoms. The fourth-order valence-electron chi connectivity index (χ4n) is 3.86. The van der Waals surface area contributed by atoms with Gasteiger partial charge in [0.1, 0.15) is 5.75 Å². The lowest BCUT2D eigenvalue weighted by atomic mass is 9.96. The van der Waals surface area contributed by atoms with Gasteiger partial charge in [-0.15, -0.1) is 0 Å². The van der Waals surface area contributed by atoms with Crippen LogP contribution < -0.4 is 15.4 Å². The Kier molecular flexibility index (Phi) is 8.28. The lowest BCUT2D eigenvalue weighted by molar-refractivity contribution is -0.142. The summed E-state index contributed by atoms with van der Waals surface area (Å²) in [5, 5.41) is 19.5. The first-order valence-electron chi connectivity index (χ1n) is 11.2. The van der Waals surface area contributed by atoms with Crippen molar-refractivity contribution in [1.82, 2.24) is 10.6 Å². The van der Waals surface area contributed by atoms with Gasteiger partial charge in [-0.1, -0.05) is 18.5 Å². The summed E-state index contributed by atoms with van der Waals surface area (Å²) in [6.07, 6.45) is 4.70. The Balaban J connectivity index is 1.58. The fraction of sp³-hybridized carbons (Fsp3) is 0.609. The number of carbonyl (C=O) groups excluding carboxylic acids is 1. The first-order chi connectivity index (χ1) is 15.0. The Hall–Kier alpha value is -2.61. The average Bonchev–Trinajstić information content (AvgIpc) is 3.20. The van der Waals surface area contributed by atoms with Gasteiger partial charge in [0.2, 0.25) is 11.6 Å². The van der Waals surface area contributed by atoms with E-state index >= 15 is 0 Å². The summed E-state index contributed by atoms with van der Waals surface area (Å²) in [6.45, 7) is 4.82. The third-order valence-corrected chi connectivity index (χ3v) is 5.78. The quantitative estimate of drug-likeness (QED) is 0.497. The average molecular weight is 432 g/mol. The van der Waals surface area contributed by atoms with E-state index in [0.717, 1.165) is 50.1 Å². The highest BCUT2D eigenvalue weighted by molar-refractivity contribution is 6.02. The Labute approximate surface area is 183 Å². The third-order valence-electron chi connectivity index (χ3n) is 5.78. The summed E-state index contributed by atoms with van der Waals surface area (Å²) in [5.74, 6) is 0.311. The zero-order valence-corrected chi connectivity index (χ0v) is 18.2. The lowest BCUT2D eigenvalue weighted by Gasteiger charge is -2.27. The summed E-state index contributed by atoms with van der Waals surface area (Å²) in [5.41, 5.74) is 0.447. The normalized spacial score (nSPS) is 21.3. The second-order valence-corrected chi connectivity index (χ2v) is 8.37. The maximum atomic E-state index is 12.3. The fourth-order valence-corrected chi connectivity index (χ4v) is 3.86. The van der Waals surface area contributed by atoms with Crippen LogP contribution in [0.1, 0.15) is 63.9 Å². The molecule has 1 aromatic carbocycles. The van der Waals surface area contributed by atoms with Gasteiger partial charge in [0.25, 0.3) is 0 Å². The molecule has 0 bridgehead atoms. The second kappa shape index (κ2) is 11.1. The molecule has 8 heteroatoms. The number of aliphatic carboxylic acids is 1. The molecule has 1 fully saturated rings. The third kappa shape index (κ3) is 6.95. The van der Waals surface area contributed by atoms with Crippen molar-refractivity contribution in [1.29, 1.82) is 0 Å². The number of carbonyl (C=O) groups is 2. The topological polar surface area (TPSA) is 109 Å². The zero-order valence-electron chi connectivity index (χ0n) is 18.2. The van der Waals surface area contributed by atoms with E-state index in [1.165, 1.54) is 0 Å². The van der Waals surface area contributed by atoms with Gasteiger partial charge in [-0.2, -0.15) is 0 Å². The van der Waals surface area contributed by atoms with E-state index in [9.17, 15) is 9.59 Å². The minimum Gasteiger partial charge on any atom is -0.493 e. The number of piperidine rings is 1. The van der Waals surface area contributed by atoms with Crippen LogP contribution in [0.5, 0.6) is 5.75 Å². The molecule has 2 aliphatic rings. The number of hydrogen-bond acceptors (Lipinski definition) is 6. The van der Waals surface area contributed by atoms with Crippen LogP contribution in [0.2, 0.25) is 0 Å². The molecular formula is C23H33N3O5. The number of hydrogen-bond donors (Lipinski definition) is 3. The van der Waals surface area contributed by atoms with Crippen LogP contribution in [-0.4, -0.2) is 48.1 Å². The molecule has 1 amide bonds. The first-order valence-corrected chi connectivity index (χ1v) is 11.2. The Bertz CT molecular complexity index is 774. The molecule has 2 heterocycles. The van der Waals surface area contributed by atoms with Crippen LogP contribution in [0.4, 0.5) is 0 Å². The maximum Gasteiger partial charge on any atom is 0.303 e. The van der Waals surface area contributed by atoms with E-state index in [1.807, 2.05) is 31.2 Å². The van der Waals surface area contributed by atoms with Crippen molar-refractivity contribution in [3.05, 3.63) is 29.8 Å². The predicted molar refractivity (Wildman–Crippen MR) is 117 cm³/mol. The van der Waals surface area contributed by atoms with Crippen molar-refractivity contribution in [2.75, 3.05) is 19.7 Å². The highest BCUT2D eigenvalue weighted by atomic mass is 16.7. The summed E-state index contributed by atoms with van der Waals surface area (Å²) in [7, 11) is 0. The van der Waals surface area contributed by atoms with Gasteiger partial charge in [0, 0.05) is 12.8 Å². The molecule has 3 rings (SSSR count). The molecule has 1 saturated heterocycles. The molecule has 0 radical (unpaired) electrons. The molecule has 31 heavy (non-hydrogen) atoms. The van der Waals surface area contributed by atoms with E-state index in [1.54, 1.807) is 0 Å². The Morgan fingerprint density at radius 3 is 2.68 bits per heavy atom. The maximum absolute atomic E-state index is 12.3. The van der Waals surface area contributed by atoms with Crippen molar-refractivity contribution in [3.63, 3.8) is 0 Å². The molecule has 1 aromatic rings. The summed E-state index contributed by atoms with van der Waals surface area (Å²) >= 11 is 0. The lowest BCUT2D eigenvalue weighted by Crippen LogP contribution is -2.49. The number of rotatable bonds is 11. The van der Waals surface area contributed by atoms with Gasteiger partial charge in [0.05, 0.1) is 25.2 Å². The van der Waals surface area contributed by atoms with Crippen molar-refractivity contribution in [2.45, 2.75) is 64.0 Å². The van der Waals surface area contributed by atoms with Gasteiger partial charge in [-0.3, -0.25) is 9.59 Å². The highest BCUT2D eigenvalue weighted by Crippen LogP contribution is 2.30. The van der Waals surface area contributed by atoms with Crippen molar-refractivity contribution in [3.8, 4) is 5.75 Å². The van der Waals surface area contributed by atoms with Gasteiger partial charge in [-0.05, 0) is 68.1 Å². The monoisotopic (exact) mass is 431 g/mol.